The van der Waals surface area contributed by atoms with Crippen LogP contribution in [0.25, 0.3) is 5.78 Å². The lowest BCUT2D eigenvalue weighted by Crippen LogP contribution is -1.99. The van der Waals surface area contributed by atoms with Gasteiger partial charge in [0.1, 0.15) is 11.5 Å². The van der Waals surface area contributed by atoms with Gasteiger partial charge >= 0.3 is 0 Å². The molecular formula is C11H5Cl2FN4O. The molecule has 8 heteroatoms. The number of halogens is 3. The number of rotatable bonds is 2. The number of hydrogen-bond donors (Lipinski definition) is 0. The standard InChI is InChI=1S/C11H5Cl2FN4O/c12-6-2-1-3-7(10(6)14)19-9-4-8(13)17-11-15-5-16-18(9)11/h1-5H. The van der Waals surface area contributed by atoms with Crippen molar-refractivity contribution >= 4 is 29.0 Å². The number of aromatic nitrogens is 4. The van der Waals surface area contributed by atoms with Crippen LogP contribution < -0.4 is 4.74 Å². The smallest absolute Gasteiger partial charge is 0.256 e. The SMILES string of the molecule is Fc1c(Cl)cccc1Oc1cc(Cl)nc2ncnn12. The number of nitrogens with zero attached hydrogens (tertiary/aromatic N) is 4. The van der Waals surface area contributed by atoms with Crippen molar-refractivity contribution in [2.75, 3.05) is 0 Å². The quantitative estimate of drug-likeness (QED) is 0.681. The molecule has 0 atom stereocenters. The predicted octanol–water partition coefficient (Wildman–Crippen LogP) is 3.36. The molecule has 1 aromatic carbocycles. The third-order valence-electron chi connectivity index (χ3n) is 2.32. The molecular weight excluding hydrogens is 294 g/mol. The van der Waals surface area contributed by atoms with Gasteiger partial charge in [0, 0.05) is 6.07 Å². The molecule has 2 aromatic heterocycles. The van der Waals surface area contributed by atoms with Crippen LogP contribution in [0, 0.1) is 5.82 Å². The van der Waals surface area contributed by atoms with E-state index >= 15 is 0 Å². The molecule has 0 bridgehead atoms. The lowest BCUT2D eigenvalue weighted by molar-refractivity contribution is 0.415. The van der Waals surface area contributed by atoms with Crippen molar-refractivity contribution in [2.45, 2.75) is 0 Å². The van der Waals surface area contributed by atoms with Crippen LogP contribution in [0.3, 0.4) is 0 Å². The van der Waals surface area contributed by atoms with E-state index in [1.54, 1.807) is 6.07 Å². The highest BCUT2D eigenvalue weighted by Crippen LogP contribution is 2.29. The van der Waals surface area contributed by atoms with Crippen LogP contribution in [0.15, 0.2) is 30.6 Å². The molecule has 96 valence electrons. The van der Waals surface area contributed by atoms with E-state index in [1.165, 1.54) is 29.0 Å². The lowest BCUT2D eigenvalue weighted by atomic mass is 10.3. The largest absolute Gasteiger partial charge is 0.436 e. The first-order valence-electron chi connectivity index (χ1n) is 5.13. The highest BCUT2D eigenvalue weighted by atomic mass is 35.5. The second-order valence-electron chi connectivity index (χ2n) is 3.54. The first kappa shape index (κ1) is 12.1. The molecule has 0 unspecified atom stereocenters. The summed E-state index contributed by atoms with van der Waals surface area (Å²) in [7, 11) is 0. The zero-order chi connectivity index (χ0) is 13.4. The van der Waals surface area contributed by atoms with E-state index in [1.807, 2.05) is 0 Å². The Morgan fingerprint density at radius 2 is 2.11 bits per heavy atom. The summed E-state index contributed by atoms with van der Waals surface area (Å²) in [6.07, 6.45) is 1.29. The Morgan fingerprint density at radius 3 is 2.95 bits per heavy atom. The molecule has 3 rings (SSSR count). The van der Waals surface area contributed by atoms with Crippen LogP contribution in [0.5, 0.6) is 11.6 Å². The van der Waals surface area contributed by atoms with E-state index in [9.17, 15) is 4.39 Å². The molecule has 2 heterocycles. The van der Waals surface area contributed by atoms with Gasteiger partial charge in [-0.3, -0.25) is 0 Å². The molecule has 0 saturated carbocycles. The van der Waals surface area contributed by atoms with Crippen LogP contribution in [-0.4, -0.2) is 19.6 Å². The maximum atomic E-state index is 13.8. The summed E-state index contributed by atoms with van der Waals surface area (Å²) in [4.78, 5) is 7.81. The Bertz CT molecular complexity index is 762. The summed E-state index contributed by atoms with van der Waals surface area (Å²) in [6, 6.07) is 5.85. The van der Waals surface area contributed by atoms with Gasteiger partial charge in [0.05, 0.1) is 5.02 Å². The highest BCUT2D eigenvalue weighted by Gasteiger charge is 2.12. The Morgan fingerprint density at radius 1 is 1.26 bits per heavy atom. The first-order valence-corrected chi connectivity index (χ1v) is 5.89. The summed E-state index contributed by atoms with van der Waals surface area (Å²) in [5.74, 6) is -0.254. The molecule has 0 N–H and O–H groups in total. The van der Waals surface area contributed by atoms with Crippen molar-refractivity contribution in [2.24, 2.45) is 0 Å². The number of ether oxygens (including phenoxy) is 1. The van der Waals surface area contributed by atoms with E-state index in [4.69, 9.17) is 27.9 Å². The zero-order valence-electron chi connectivity index (χ0n) is 9.22. The van der Waals surface area contributed by atoms with E-state index in [2.05, 4.69) is 15.1 Å². The van der Waals surface area contributed by atoms with Crippen LogP contribution >= 0.6 is 23.2 Å². The Balaban J connectivity index is 2.10. The minimum Gasteiger partial charge on any atom is -0.436 e. The minimum atomic E-state index is -0.662. The van der Waals surface area contributed by atoms with Gasteiger partial charge in [-0.1, -0.05) is 29.3 Å². The summed E-state index contributed by atoms with van der Waals surface area (Å²) in [5, 5.41) is 4.04. The van der Waals surface area contributed by atoms with E-state index in [-0.39, 0.29) is 27.6 Å². The van der Waals surface area contributed by atoms with Gasteiger partial charge < -0.3 is 4.74 Å². The Hall–Kier alpha value is -1.92. The summed E-state index contributed by atoms with van der Waals surface area (Å²) in [5.41, 5.74) is 0. The fraction of sp³-hybridized carbons (Fsp3) is 0. The predicted molar refractivity (Wildman–Crippen MR) is 67.3 cm³/mol. The van der Waals surface area contributed by atoms with Crippen LogP contribution in [0.1, 0.15) is 0 Å². The molecule has 0 saturated heterocycles. The van der Waals surface area contributed by atoms with Gasteiger partial charge in [0.15, 0.2) is 11.6 Å². The highest BCUT2D eigenvalue weighted by molar-refractivity contribution is 6.30. The molecule has 0 amide bonds. The van der Waals surface area contributed by atoms with Gasteiger partial charge in [-0.15, -0.1) is 0 Å². The van der Waals surface area contributed by atoms with Gasteiger partial charge in [-0.25, -0.2) is 4.39 Å². The number of hydrogen-bond acceptors (Lipinski definition) is 4. The first-order chi connectivity index (χ1) is 9.15. The fourth-order valence-electron chi connectivity index (χ4n) is 1.51. The normalized spacial score (nSPS) is 10.9. The molecule has 3 aromatic rings. The zero-order valence-corrected chi connectivity index (χ0v) is 10.7. The van der Waals surface area contributed by atoms with Crippen LogP contribution in [-0.2, 0) is 0 Å². The average Bonchev–Trinajstić information content (AvgIpc) is 2.83. The van der Waals surface area contributed by atoms with E-state index in [0.29, 0.717) is 0 Å². The van der Waals surface area contributed by atoms with Crippen molar-refractivity contribution in [3.63, 3.8) is 0 Å². The second kappa shape index (κ2) is 4.64. The van der Waals surface area contributed by atoms with E-state index < -0.39 is 5.82 Å². The molecule has 5 nitrogen and oxygen atoms in total. The van der Waals surface area contributed by atoms with Gasteiger partial charge in [-0.05, 0) is 12.1 Å². The van der Waals surface area contributed by atoms with Crippen molar-refractivity contribution in [3.8, 4) is 11.6 Å². The fourth-order valence-corrected chi connectivity index (χ4v) is 1.84. The summed E-state index contributed by atoms with van der Waals surface area (Å²) in [6.45, 7) is 0. The topological polar surface area (TPSA) is 52.3 Å². The van der Waals surface area contributed by atoms with Crippen molar-refractivity contribution in [3.05, 3.63) is 46.6 Å². The van der Waals surface area contributed by atoms with Crippen molar-refractivity contribution in [1.29, 1.82) is 0 Å². The van der Waals surface area contributed by atoms with Crippen LogP contribution in [0.4, 0.5) is 4.39 Å². The Kier molecular flexibility index (Phi) is 2.96. The molecule has 19 heavy (non-hydrogen) atoms. The second-order valence-corrected chi connectivity index (χ2v) is 4.34. The number of benzene rings is 1. The average molecular weight is 299 g/mol. The van der Waals surface area contributed by atoms with Crippen LogP contribution in [0.2, 0.25) is 10.2 Å². The third kappa shape index (κ3) is 2.20. The number of fused-ring (bicyclic) bond motifs is 1. The molecule has 0 fully saturated rings. The summed E-state index contributed by atoms with van der Waals surface area (Å²) >= 11 is 11.5. The minimum absolute atomic E-state index is 0.0347. The molecule has 0 spiro atoms. The van der Waals surface area contributed by atoms with Gasteiger partial charge in [0.2, 0.25) is 5.88 Å². The van der Waals surface area contributed by atoms with Crippen molar-refractivity contribution < 1.29 is 9.13 Å². The molecule has 0 aliphatic carbocycles. The Labute approximate surface area is 116 Å². The van der Waals surface area contributed by atoms with Crippen molar-refractivity contribution in [1.82, 2.24) is 19.6 Å². The third-order valence-corrected chi connectivity index (χ3v) is 2.80. The van der Waals surface area contributed by atoms with Gasteiger partial charge in [0.25, 0.3) is 5.78 Å². The maximum absolute atomic E-state index is 13.8. The molecule has 0 radical (unpaired) electrons. The molecule has 0 aliphatic rings. The van der Waals surface area contributed by atoms with E-state index in [0.717, 1.165) is 0 Å². The maximum Gasteiger partial charge on any atom is 0.256 e. The lowest BCUT2D eigenvalue weighted by Gasteiger charge is -2.08. The monoisotopic (exact) mass is 298 g/mol. The van der Waals surface area contributed by atoms with Gasteiger partial charge in [-0.2, -0.15) is 19.6 Å². The molecule has 0 aliphatic heterocycles. The summed E-state index contributed by atoms with van der Waals surface area (Å²) < 4.78 is 20.5.